The lowest BCUT2D eigenvalue weighted by molar-refractivity contribution is 0.0695. The molecule has 0 saturated carbocycles. The van der Waals surface area contributed by atoms with E-state index in [1.807, 2.05) is 12.1 Å². The van der Waals surface area contributed by atoms with E-state index in [9.17, 15) is 15.2 Å². The van der Waals surface area contributed by atoms with Gasteiger partial charge < -0.3 is 10.8 Å². The summed E-state index contributed by atoms with van der Waals surface area (Å²) in [6, 6.07) is 16.1. The van der Waals surface area contributed by atoms with Crippen LogP contribution in [0.15, 0.2) is 54.7 Å². The van der Waals surface area contributed by atoms with Crippen molar-refractivity contribution in [1.82, 2.24) is 25.0 Å². The summed E-state index contributed by atoms with van der Waals surface area (Å²) in [4.78, 5) is 19.9. The lowest BCUT2D eigenvalue weighted by Crippen LogP contribution is -2.07. The Kier molecular flexibility index (Phi) is 5.59. The molecule has 3 N–H and O–H groups in total. The average Bonchev–Trinajstić information content (AvgIpc) is 3.22. The van der Waals surface area contributed by atoms with Gasteiger partial charge in [-0.1, -0.05) is 35.5 Å². The zero-order valence-electron chi connectivity index (χ0n) is 15.9. The van der Waals surface area contributed by atoms with Crippen LogP contribution in [0, 0.1) is 14.9 Å². The quantitative estimate of drug-likeness (QED) is 0.380. The van der Waals surface area contributed by atoms with Crippen LogP contribution >= 0.6 is 22.6 Å². The second-order valence-corrected chi connectivity index (χ2v) is 7.70. The summed E-state index contributed by atoms with van der Waals surface area (Å²) in [6.45, 7) is 0.234. The molecule has 4 rings (SSSR count). The van der Waals surface area contributed by atoms with E-state index in [0.29, 0.717) is 33.8 Å². The maximum Gasteiger partial charge on any atom is 0.336 e. The zero-order chi connectivity index (χ0) is 22.0. The molecule has 0 aliphatic carbocycles. The van der Waals surface area contributed by atoms with E-state index in [4.69, 9.17) is 5.73 Å². The van der Waals surface area contributed by atoms with Crippen LogP contribution in [0.1, 0.15) is 21.5 Å². The number of carboxylic acids is 1. The van der Waals surface area contributed by atoms with Gasteiger partial charge >= 0.3 is 5.97 Å². The molecule has 0 radical (unpaired) electrons. The molecule has 2 heterocycles. The number of hydrogen-bond donors (Lipinski definition) is 2. The lowest BCUT2D eigenvalue weighted by atomic mass is 10.0. The largest absolute Gasteiger partial charge is 0.478 e. The SMILES string of the molecule is N#Cc1c(I)cccc1-c1cc(-c2cn(Cc3ccccc3C(=O)O)nn2)nc(N)n1. The Hall–Kier alpha value is -3.85. The molecule has 2 aromatic carbocycles. The smallest absolute Gasteiger partial charge is 0.336 e. The first-order chi connectivity index (χ1) is 15.0. The molecule has 0 aliphatic heterocycles. The number of nitrogens with two attached hydrogens (primary N) is 1. The summed E-state index contributed by atoms with van der Waals surface area (Å²) in [5.74, 6) is -0.962. The Morgan fingerprint density at radius 2 is 1.90 bits per heavy atom. The summed E-state index contributed by atoms with van der Waals surface area (Å²) in [5, 5.41) is 27.1. The van der Waals surface area contributed by atoms with Crippen molar-refractivity contribution < 1.29 is 9.90 Å². The van der Waals surface area contributed by atoms with Crippen LogP contribution in [0.3, 0.4) is 0 Å². The number of hydrogen-bond acceptors (Lipinski definition) is 7. The van der Waals surface area contributed by atoms with Crippen molar-refractivity contribution in [2.24, 2.45) is 0 Å². The number of nitriles is 1. The number of benzene rings is 2. The minimum absolute atomic E-state index is 0.0426. The molecule has 31 heavy (non-hydrogen) atoms. The fourth-order valence-electron chi connectivity index (χ4n) is 3.12. The third-order valence-corrected chi connectivity index (χ3v) is 5.42. The Morgan fingerprint density at radius 3 is 2.68 bits per heavy atom. The summed E-state index contributed by atoms with van der Waals surface area (Å²) >= 11 is 2.10. The van der Waals surface area contributed by atoms with Crippen molar-refractivity contribution in [3.8, 4) is 28.7 Å². The second-order valence-electron chi connectivity index (χ2n) is 6.53. The van der Waals surface area contributed by atoms with Gasteiger partial charge in [-0.05, 0) is 46.4 Å². The second kappa shape index (κ2) is 8.49. The van der Waals surface area contributed by atoms with Gasteiger partial charge in [0.25, 0.3) is 0 Å². The Morgan fingerprint density at radius 1 is 1.13 bits per heavy atom. The van der Waals surface area contributed by atoms with Gasteiger partial charge in [0.1, 0.15) is 11.8 Å². The van der Waals surface area contributed by atoms with E-state index in [0.717, 1.165) is 3.57 Å². The van der Waals surface area contributed by atoms with Gasteiger partial charge in [-0.2, -0.15) is 5.26 Å². The molecule has 0 unspecified atom stereocenters. The number of carbonyl (C=O) groups is 1. The third kappa shape index (κ3) is 4.22. The Labute approximate surface area is 190 Å². The predicted molar refractivity (Wildman–Crippen MR) is 121 cm³/mol. The van der Waals surface area contributed by atoms with E-state index < -0.39 is 5.97 Å². The summed E-state index contributed by atoms with van der Waals surface area (Å²) < 4.78 is 2.33. The van der Waals surface area contributed by atoms with Gasteiger partial charge in [0.15, 0.2) is 0 Å². The van der Waals surface area contributed by atoms with Crippen molar-refractivity contribution >= 4 is 34.5 Å². The molecule has 152 valence electrons. The van der Waals surface area contributed by atoms with Crippen molar-refractivity contribution in [3.05, 3.63) is 75.0 Å². The summed E-state index contributed by atoms with van der Waals surface area (Å²) in [7, 11) is 0. The van der Waals surface area contributed by atoms with Gasteiger partial charge in [-0.3, -0.25) is 0 Å². The molecule has 0 fully saturated rings. The Bertz CT molecular complexity index is 1340. The van der Waals surface area contributed by atoms with Crippen LogP contribution in [0.2, 0.25) is 0 Å². The number of aromatic carboxylic acids is 1. The number of carboxylic acid groups (broad SMARTS) is 1. The lowest BCUT2D eigenvalue weighted by Gasteiger charge is -2.07. The highest BCUT2D eigenvalue weighted by molar-refractivity contribution is 14.1. The number of aromatic nitrogens is 5. The van der Waals surface area contributed by atoms with Crippen molar-refractivity contribution in [1.29, 1.82) is 5.26 Å². The first-order valence-electron chi connectivity index (χ1n) is 9.01. The summed E-state index contributed by atoms with van der Waals surface area (Å²) in [6.07, 6.45) is 1.66. The van der Waals surface area contributed by atoms with Crippen molar-refractivity contribution in [2.45, 2.75) is 6.54 Å². The van der Waals surface area contributed by atoms with Gasteiger partial charge in [0.05, 0.1) is 35.3 Å². The molecule has 10 heteroatoms. The molecule has 0 bridgehead atoms. The van der Waals surface area contributed by atoms with Crippen molar-refractivity contribution in [2.75, 3.05) is 5.73 Å². The fraction of sp³-hybridized carbons (Fsp3) is 0.0476. The Balaban J connectivity index is 1.70. The van der Waals surface area contributed by atoms with E-state index in [-0.39, 0.29) is 18.1 Å². The molecule has 9 nitrogen and oxygen atoms in total. The van der Waals surface area contributed by atoms with Gasteiger partial charge in [-0.15, -0.1) is 5.10 Å². The van der Waals surface area contributed by atoms with Gasteiger partial charge in [0.2, 0.25) is 5.95 Å². The van der Waals surface area contributed by atoms with E-state index in [1.165, 1.54) is 4.68 Å². The number of nitrogen functional groups attached to an aromatic ring is 1. The van der Waals surface area contributed by atoms with Gasteiger partial charge in [0, 0.05) is 9.13 Å². The molecule has 0 aliphatic rings. The number of rotatable bonds is 5. The normalized spacial score (nSPS) is 10.6. The molecule has 4 aromatic rings. The fourth-order valence-corrected chi connectivity index (χ4v) is 3.74. The minimum atomic E-state index is -1.00. The first-order valence-corrected chi connectivity index (χ1v) is 10.1. The standard InChI is InChI=1S/C21H14IN7O2/c22-16-7-3-6-14(15(16)9-23)17-8-18(26-21(24)25-17)19-11-29(28-27-19)10-12-4-1-2-5-13(12)20(30)31/h1-8,11H,10H2,(H,30,31)(H2,24,25,26). The van der Waals surface area contributed by atoms with Crippen LogP contribution in [-0.4, -0.2) is 36.0 Å². The van der Waals surface area contributed by atoms with Gasteiger partial charge in [-0.25, -0.2) is 19.4 Å². The van der Waals surface area contributed by atoms with E-state index >= 15 is 0 Å². The van der Waals surface area contributed by atoms with Crippen LogP contribution in [0.25, 0.3) is 22.6 Å². The molecular formula is C21H14IN7O2. The molecule has 2 aromatic heterocycles. The van der Waals surface area contributed by atoms with Crippen LogP contribution in [0.4, 0.5) is 5.95 Å². The topological polar surface area (TPSA) is 144 Å². The van der Waals surface area contributed by atoms with Crippen molar-refractivity contribution in [3.63, 3.8) is 0 Å². The zero-order valence-corrected chi connectivity index (χ0v) is 18.1. The maximum atomic E-state index is 11.4. The average molecular weight is 523 g/mol. The van der Waals surface area contributed by atoms with Crippen LogP contribution in [0.5, 0.6) is 0 Å². The van der Waals surface area contributed by atoms with Crippen LogP contribution in [-0.2, 0) is 6.54 Å². The molecule has 0 saturated heterocycles. The monoisotopic (exact) mass is 523 g/mol. The summed E-state index contributed by atoms with van der Waals surface area (Å²) in [5.41, 5.74) is 9.28. The molecule has 0 atom stereocenters. The van der Waals surface area contributed by atoms with E-state index in [1.54, 1.807) is 42.6 Å². The van der Waals surface area contributed by atoms with E-state index in [2.05, 4.69) is 48.9 Å². The molecule has 0 amide bonds. The molecule has 0 spiro atoms. The maximum absolute atomic E-state index is 11.4. The highest BCUT2D eigenvalue weighted by Gasteiger charge is 2.15. The predicted octanol–water partition coefficient (Wildman–Crippen LogP) is 3.21. The third-order valence-electron chi connectivity index (χ3n) is 4.53. The number of nitrogens with zero attached hydrogens (tertiary/aromatic N) is 6. The first kappa shape index (κ1) is 20.4. The number of halogens is 1. The van der Waals surface area contributed by atoms with Crippen LogP contribution < -0.4 is 5.73 Å². The highest BCUT2D eigenvalue weighted by Crippen LogP contribution is 2.28. The number of anilines is 1. The minimum Gasteiger partial charge on any atom is -0.478 e. The highest BCUT2D eigenvalue weighted by atomic mass is 127. The molecular weight excluding hydrogens is 509 g/mol.